The molecule has 0 atom stereocenters. The summed E-state index contributed by atoms with van der Waals surface area (Å²) in [6.45, 7) is 4.31. The molecule has 1 aliphatic carbocycles. The Labute approximate surface area is 202 Å². The highest BCUT2D eigenvalue weighted by atomic mass is 127. The van der Waals surface area contributed by atoms with Gasteiger partial charge in [-0.25, -0.2) is 0 Å². The zero-order valence-corrected chi connectivity index (χ0v) is 21.3. The third kappa shape index (κ3) is 6.02. The van der Waals surface area contributed by atoms with E-state index in [1.54, 1.807) is 27.6 Å². The van der Waals surface area contributed by atoms with Crippen LogP contribution < -0.4 is 20.1 Å². The highest BCUT2D eigenvalue weighted by Crippen LogP contribution is 2.42. The fourth-order valence-corrected chi connectivity index (χ4v) is 4.28. The molecule has 8 nitrogen and oxygen atoms in total. The number of ether oxygens (including phenoxy) is 2. The molecule has 2 N–H and O–H groups in total. The molecule has 1 heterocycles. The Morgan fingerprint density at radius 1 is 1.13 bits per heavy atom. The van der Waals surface area contributed by atoms with Crippen molar-refractivity contribution in [2.24, 2.45) is 4.99 Å². The van der Waals surface area contributed by atoms with Gasteiger partial charge in [-0.3, -0.25) is 4.99 Å². The molecule has 1 aromatic carbocycles. The summed E-state index contributed by atoms with van der Waals surface area (Å²) in [6, 6.07) is 6.31. The van der Waals surface area contributed by atoms with Crippen LogP contribution in [0.1, 0.15) is 50.4 Å². The number of nitrogens with one attached hydrogen (secondary N) is 2. The van der Waals surface area contributed by atoms with Crippen LogP contribution >= 0.6 is 24.0 Å². The molecule has 0 radical (unpaired) electrons. The molecule has 3 rings (SSSR count). The molecule has 0 bridgehead atoms. The first-order chi connectivity index (χ1) is 14.7. The smallest absolute Gasteiger partial charge is 0.191 e. The average molecular weight is 542 g/mol. The summed E-state index contributed by atoms with van der Waals surface area (Å²) in [4.78, 5) is 4.41. The largest absolute Gasteiger partial charge is 0.493 e. The summed E-state index contributed by atoms with van der Waals surface area (Å²) in [5.41, 5.74) is 1.33. The van der Waals surface area contributed by atoms with Gasteiger partial charge in [0, 0.05) is 25.6 Å². The predicted molar refractivity (Wildman–Crippen MR) is 134 cm³/mol. The van der Waals surface area contributed by atoms with Crippen molar-refractivity contribution in [3.05, 3.63) is 35.9 Å². The molecule has 0 saturated heterocycles. The fraction of sp³-hybridized carbons (Fsp3) is 0.591. The fourth-order valence-electron chi connectivity index (χ4n) is 4.28. The van der Waals surface area contributed by atoms with E-state index in [1.165, 1.54) is 24.8 Å². The van der Waals surface area contributed by atoms with E-state index in [9.17, 15) is 0 Å². The Bertz CT molecular complexity index is 848. The van der Waals surface area contributed by atoms with Gasteiger partial charge in [0.2, 0.25) is 0 Å². The van der Waals surface area contributed by atoms with Crippen molar-refractivity contribution in [3.63, 3.8) is 0 Å². The van der Waals surface area contributed by atoms with Gasteiger partial charge in [0.1, 0.15) is 6.33 Å². The van der Waals surface area contributed by atoms with Crippen LogP contribution in [0, 0.1) is 0 Å². The van der Waals surface area contributed by atoms with Crippen LogP contribution in [0.2, 0.25) is 0 Å². The van der Waals surface area contributed by atoms with Gasteiger partial charge in [-0.15, -0.1) is 34.2 Å². The molecule has 1 fully saturated rings. The van der Waals surface area contributed by atoms with Crippen LogP contribution in [0.3, 0.4) is 0 Å². The lowest BCUT2D eigenvalue weighted by molar-refractivity contribution is 0.288. The molecule has 0 unspecified atom stereocenters. The topological polar surface area (TPSA) is 85.6 Å². The Morgan fingerprint density at radius 2 is 1.87 bits per heavy atom. The minimum absolute atomic E-state index is 0. The summed E-state index contributed by atoms with van der Waals surface area (Å²) in [5, 5.41) is 15.1. The highest BCUT2D eigenvalue weighted by molar-refractivity contribution is 14.0. The number of methoxy groups -OCH3 is 2. The van der Waals surface area contributed by atoms with Crippen molar-refractivity contribution in [2.75, 3.05) is 27.8 Å². The molecule has 1 aromatic heterocycles. The lowest BCUT2D eigenvalue weighted by atomic mass is 9.69. The average Bonchev–Trinajstić information content (AvgIpc) is 3.27. The van der Waals surface area contributed by atoms with E-state index in [0.717, 1.165) is 49.2 Å². The first-order valence-corrected chi connectivity index (χ1v) is 10.7. The Balaban J connectivity index is 0.00000341. The van der Waals surface area contributed by atoms with Gasteiger partial charge in [-0.05, 0) is 37.5 Å². The van der Waals surface area contributed by atoms with E-state index in [1.807, 2.05) is 10.6 Å². The van der Waals surface area contributed by atoms with Gasteiger partial charge in [0.15, 0.2) is 23.3 Å². The molecule has 9 heteroatoms. The van der Waals surface area contributed by atoms with Crippen LogP contribution in [-0.2, 0) is 18.5 Å². The zero-order valence-electron chi connectivity index (χ0n) is 19.0. The summed E-state index contributed by atoms with van der Waals surface area (Å²) < 4.78 is 13.0. The van der Waals surface area contributed by atoms with Crippen LogP contribution in [0.4, 0.5) is 0 Å². The molecular weight excluding hydrogens is 507 g/mol. The lowest BCUT2D eigenvalue weighted by Crippen LogP contribution is -2.46. The van der Waals surface area contributed by atoms with E-state index in [2.05, 4.69) is 44.9 Å². The van der Waals surface area contributed by atoms with Crippen molar-refractivity contribution >= 4 is 29.9 Å². The highest BCUT2D eigenvalue weighted by Gasteiger charge is 2.34. The van der Waals surface area contributed by atoms with Crippen LogP contribution in [-0.4, -0.2) is 48.5 Å². The molecule has 0 amide bonds. The third-order valence-corrected chi connectivity index (χ3v) is 6.07. The van der Waals surface area contributed by atoms with Gasteiger partial charge in [0.05, 0.1) is 20.8 Å². The van der Waals surface area contributed by atoms with Gasteiger partial charge in [-0.2, -0.15) is 0 Å². The number of nitrogens with zero attached hydrogens (tertiary/aromatic N) is 4. The second-order valence-electron chi connectivity index (χ2n) is 7.72. The molecular formula is C22H35IN6O2. The Morgan fingerprint density at radius 3 is 2.52 bits per heavy atom. The molecule has 1 aliphatic rings. The van der Waals surface area contributed by atoms with Crippen LogP contribution in [0.15, 0.2) is 29.5 Å². The van der Waals surface area contributed by atoms with Gasteiger partial charge >= 0.3 is 0 Å². The maximum Gasteiger partial charge on any atom is 0.191 e. The van der Waals surface area contributed by atoms with E-state index in [0.29, 0.717) is 6.54 Å². The lowest BCUT2D eigenvalue weighted by Gasteiger charge is -2.38. The van der Waals surface area contributed by atoms with Crippen molar-refractivity contribution in [1.82, 2.24) is 25.4 Å². The Hall–Kier alpha value is -2.04. The van der Waals surface area contributed by atoms with E-state index < -0.39 is 0 Å². The predicted octanol–water partition coefficient (Wildman–Crippen LogP) is 3.50. The SMILES string of the molecule is CCn1cnnc1CNC(=NC)NCC1(c2ccc(OC)c(OC)c2)CCCCC1.I. The first-order valence-electron chi connectivity index (χ1n) is 10.7. The quantitative estimate of drug-likeness (QED) is 0.302. The number of rotatable bonds is 8. The second kappa shape index (κ2) is 12.1. The van der Waals surface area contributed by atoms with E-state index in [-0.39, 0.29) is 29.4 Å². The van der Waals surface area contributed by atoms with Crippen molar-refractivity contribution in [1.29, 1.82) is 0 Å². The van der Waals surface area contributed by atoms with Crippen LogP contribution in [0.5, 0.6) is 11.5 Å². The number of halogens is 1. The van der Waals surface area contributed by atoms with E-state index >= 15 is 0 Å². The zero-order chi connectivity index (χ0) is 21.4. The van der Waals surface area contributed by atoms with Crippen LogP contribution in [0.25, 0.3) is 0 Å². The molecule has 1 saturated carbocycles. The van der Waals surface area contributed by atoms with E-state index in [4.69, 9.17) is 9.47 Å². The maximum atomic E-state index is 5.56. The number of benzene rings is 1. The summed E-state index contributed by atoms with van der Waals surface area (Å²) in [7, 11) is 5.16. The minimum atomic E-state index is 0. The monoisotopic (exact) mass is 542 g/mol. The molecule has 0 aliphatic heterocycles. The molecule has 0 spiro atoms. The normalized spacial score (nSPS) is 15.7. The Kier molecular flexibility index (Phi) is 9.86. The van der Waals surface area contributed by atoms with Crippen molar-refractivity contribution < 1.29 is 9.47 Å². The number of aryl methyl sites for hydroxylation is 1. The second-order valence-corrected chi connectivity index (χ2v) is 7.72. The van der Waals surface area contributed by atoms with Gasteiger partial charge in [-0.1, -0.05) is 25.3 Å². The molecule has 31 heavy (non-hydrogen) atoms. The third-order valence-electron chi connectivity index (χ3n) is 6.07. The summed E-state index contributed by atoms with van der Waals surface area (Å²) in [5.74, 6) is 3.21. The standard InChI is InChI=1S/C22H34N6O2.HI/c1-5-28-16-26-27-20(28)14-24-21(23-2)25-15-22(11-7-6-8-12-22)17-9-10-18(29-3)19(13-17)30-4;/h9-10,13,16H,5-8,11-12,14-15H2,1-4H3,(H2,23,24,25);1H. The number of hydrogen-bond acceptors (Lipinski definition) is 5. The van der Waals surface area contributed by atoms with Crippen molar-refractivity contribution in [2.45, 2.75) is 57.5 Å². The number of hydrogen-bond donors (Lipinski definition) is 2. The maximum absolute atomic E-state index is 5.56. The molecule has 2 aromatic rings. The summed E-state index contributed by atoms with van der Waals surface area (Å²) in [6.07, 6.45) is 7.76. The minimum Gasteiger partial charge on any atom is -0.493 e. The number of aromatic nitrogens is 3. The first kappa shape index (κ1) is 25.2. The van der Waals surface area contributed by atoms with Gasteiger partial charge in [0.25, 0.3) is 0 Å². The molecule has 172 valence electrons. The van der Waals surface area contributed by atoms with Crippen molar-refractivity contribution in [3.8, 4) is 11.5 Å². The summed E-state index contributed by atoms with van der Waals surface area (Å²) >= 11 is 0. The number of aliphatic imine (C=N–C) groups is 1. The number of guanidine groups is 1. The van der Waals surface area contributed by atoms with Gasteiger partial charge < -0.3 is 24.7 Å².